The molecular weight excluding hydrogens is 218 g/mol. The maximum Gasteiger partial charge on any atom is 0.165 e. The summed E-state index contributed by atoms with van der Waals surface area (Å²) in [6.45, 7) is 1.99. The molecule has 1 aromatic carbocycles. The fraction of sp³-hybridized carbons (Fsp3) is 0.250. The quantitative estimate of drug-likeness (QED) is 0.797. The van der Waals surface area contributed by atoms with Crippen molar-refractivity contribution in [2.75, 3.05) is 12.4 Å². The maximum absolute atomic E-state index is 4.37. The van der Waals surface area contributed by atoms with Gasteiger partial charge >= 0.3 is 0 Å². The van der Waals surface area contributed by atoms with Gasteiger partial charge in [0.1, 0.15) is 0 Å². The second-order valence-electron chi connectivity index (χ2n) is 3.54. The van der Waals surface area contributed by atoms with E-state index in [1.165, 1.54) is 11.3 Å². The summed E-state index contributed by atoms with van der Waals surface area (Å²) in [5.74, 6) is 0.921. The van der Waals surface area contributed by atoms with E-state index in [1.807, 2.05) is 26.2 Å². The van der Waals surface area contributed by atoms with Gasteiger partial charge in [-0.05, 0) is 18.6 Å². The van der Waals surface area contributed by atoms with Crippen molar-refractivity contribution in [3.63, 3.8) is 0 Å². The third-order valence-corrected chi connectivity index (χ3v) is 3.27. The molecule has 0 amide bonds. The SMILES string of the molecule is CNc1ccccc1CSc1nc(C)c[nH]1. The third-order valence-electron chi connectivity index (χ3n) is 2.33. The van der Waals surface area contributed by atoms with Crippen LogP contribution < -0.4 is 5.32 Å². The fourth-order valence-corrected chi connectivity index (χ4v) is 2.40. The molecule has 16 heavy (non-hydrogen) atoms. The van der Waals surface area contributed by atoms with E-state index in [9.17, 15) is 0 Å². The van der Waals surface area contributed by atoms with Crippen molar-refractivity contribution in [3.8, 4) is 0 Å². The van der Waals surface area contributed by atoms with Crippen LogP contribution in [-0.4, -0.2) is 17.0 Å². The van der Waals surface area contributed by atoms with Crippen LogP contribution in [0.1, 0.15) is 11.3 Å². The van der Waals surface area contributed by atoms with Crippen LogP contribution in [-0.2, 0) is 5.75 Å². The summed E-state index contributed by atoms with van der Waals surface area (Å²) in [5, 5.41) is 4.17. The highest BCUT2D eigenvalue weighted by Gasteiger charge is 2.03. The molecular formula is C12H15N3S. The first-order valence-electron chi connectivity index (χ1n) is 5.20. The summed E-state index contributed by atoms with van der Waals surface area (Å²) >= 11 is 1.72. The van der Waals surface area contributed by atoms with Crippen LogP contribution in [0.25, 0.3) is 0 Å². The van der Waals surface area contributed by atoms with Crippen molar-refractivity contribution in [1.29, 1.82) is 0 Å². The number of rotatable bonds is 4. The number of aromatic amines is 1. The highest BCUT2D eigenvalue weighted by Crippen LogP contribution is 2.24. The van der Waals surface area contributed by atoms with E-state index in [1.54, 1.807) is 11.8 Å². The number of anilines is 1. The number of aryl methyl sites for hydroxylation is 1. The predicted molar refractivity (Wildman–Crippen MR) is 68.9 cm³/mol. The third kappa shape index (κ3) is 2.58. The van der Waals surface area contributed by atoms with Gasteiger partial charge in [0.25, 0.3) is 0 Å². The van der Waals surface area contributed by atoms with E-state index in [-0.39, 0.29) is 0 Å². The zero-order valence-electron chi connectivity index (χ0n) is 9.45. The molecule has 0 aliphatic rings. The first kappa shape index (κ1) is 11.1. The molecule has 2 N–H and O–H groups in total. The molecule has 2 rings (SSSR count). The summed E-state index contributed by atoms with van der Waals surface area (Å²) in [5.41, 5.74) is 3.51. The van der Waals surface area contributed by atoms with Gasteiger partial charge in [-0.2, -0.15) is 0 Å². The standard InChI is InChI=1S/C12H15N3S/c1-9-7-14-12(15-9)16-8-10-5-3-4-6-11(10)13-2/h3-7,13H,8H2,1-2H3,(H,14,15). The Balaban J connectivity index is 2.04. The lowest BCUT2D eigenvalue weighted by atomic mass is 10.2. The van der Waals surface area contributed by atoms with E-state index in [0.717, 1.165) is 16.6 Å². The van der Waals surface area contributed by atoms with Gasteiger partial charge in [-0.15, -0.1) is 0 Å². The molecule has 0 radical (unpaired) electrons. The Labute approximate surface area is 99.7 Å². The molecule has 2 aromatic rings. The van der Waals surface area contributed by atoms with E-state index < -0.39 is 0 Å². The Morgan fingerprint density at radius 3 is 2.88 bits per heavy atom. The lowest BCUT2D eigenvalue weighted by Crippen LogP contribution is -1.93. The van der Waals surface area contributed by atoms with E-state index in [4.69, 9.17) is 0 Å². The molecule has 1 aromatic heterocycles. The summed E-state index contributed by atoms with van der Waals surface area (Å²) in [4.78, 5) is 7.51. The number of para-hydroxylation sites is 1. The van der Waals surface area contributed by atoms with Crippen molar-refractivity contribution in [2.24, 2.45) is 0 Å². The number of hydrogen-bond acceptors (Lipinski definition) is 3. The Bertz CT molecular complexity index is 465. The second-order valence-corrected chi connectivity index (χ2v) is 4.51. The molecule has 0 bridgehead atoms. The van der Waals surface area contributed by atoms with Crippen molar-refractivity contribution in [1.82, 2.24) is 9.97 Å². The van der Waals surface area contributed by atoms with Crippen LogP contribution in [0, 0.1) is 6.92 Å². The van der Waals surface area contributed by atoms with Gasteiger partial charge in [-0.1, -0.05) is 30.0 Å². The molecule has 0 atom stereocenters. The van der Waals surface area contributed by atoms with Crippen LogP contribution in [0.4, 0.5) is 5.69 Å². The lowest BCUT2D eigenvalue weighted by molar-refractivity contribution is 1.04. The fourth-order valence-electron chi connectivity index (χ4n) is 1.50. The van der Waals surface area contributed by atoms with Crippen LogP contribution >= 0.6 is 11.8 Å². The molecule has 3 nitrogen and oxygen atoms in total. The first-order valence-corrected chi connectivity index (χ1v) is 6.18. The smallest absolute Gasteiger partial charge is 0.165 e. The van der Waals surface area contributed by atoms with Crippen molar-refractivity contribution >= 4 is 17.4 Å². The Kier molecular flexibility index (Phi) is 3.51. The van der Waals surface area contributed by atoms with Gasteiger partial charge in [0, 0.05) is 24.7 Å². The number of imidazole rings is 1. The van der Waals surface area contributed by atoms with Gasteiger partial charge in [0.15, 0.2) is 5.16 Å². The molecule has 0 aliphatic carbocycles. The average Bonchev–Trinajstić information content (AvgIpc) is 2.73. The first-order chi connectivity index (χ1) is 7.79. The van der Waals surface area contributed by atoms with E-state index in [0.29, 0.717) is 0 Å². The Morgan fingerprint density at radius 2 is 2.19 bits per heavy atom. The van der Waals surface area contributed by atoms with Gasteiger partial charge < -0.3 is 10.3 Å². The van der Waals surface area contributed by atoms with Gasteiger partial charge in [0.05, 0.1) is 5.69 Å². The van der Waals surface area contributed by atoms with Crippen molar-refractivity contribution in [2.45, 2.75) is 17.8 Å². The lowest BCUT2D eigenvalue weighted by Gasteiger charge is -2.07. The van der Waals surface area contributed by atoms with Gasteiger partial charge in [0.2, 0.25) is 0 Å². The van der Waals surface area contributed by atoms with Crippen LogP contribution in [0.2, 0.25) is 0 Å². The van der Waals surface area contributed by atoms with Gasteiger partial charge in [-0.25, -0.2) is 4.98 Å². The van der Waals surface area contributed by atoms with E-state index >= 15 is 0 Å². The van der Waals surface area contributed by atoms with Crippen LogP contribution in [0.15, 0.2) is 35.6 Å². The molecule has 0 unspecified atom stereocenters. The maximum atomic E-state index is 4.37. The molecule has 0 fully saturated rings. The summed E-state index contributed by atoms with van der Waals surface area (Å²) < 4.78 is 0. The van der Waals surface area contributed by atoms with Crippen LogP contribution in [0.5, 0.6) is 0 Å². The summed E-state index contributed by atoms with van der Waals surface area (Å²) in [6, 6.07) is 8.32. The monoisotopic (exact) mass is 233 g/mol. The highest BCUT2D eigenvalue weighted by atomic mass is 32.2. The number of H-pyrrole nitrogens is 1. The minimum absolute atomic E-state index is 0.921. The molecule has 0 spiro atoms. The second kappa shape index (κ2) is 5.07. The zero-order chi connectivity index (χ0) is 11.4. The number of thioether (sulfide) groups is 1. The number of hydrogen-bond donors (Lipinski definition) is 2. The minimum Gasteiger partial charge on any atom is -0.388 e. The molecule has 1 heterocycles. The number of nitrogens with one attached hydrogen (secondary N) is 2. The molecule has 0 saturated heterocycles. The summed E-state index contributed by atoms with van der Waals surface area (Å²) in [6.07, 6.45) is 1.92. The highest BCUT2D eigenvalue weighted by molar-refractivity contribution is 7.98. The molecule has 0 saturated carbocycles. The topological polar surface area (TPSA) is 40.7 Å². The Hall–Kier alpha value is -1.42. The van der Waals surface area contributed by atoms with E-state index in [2.05, 4.69) is 33.5 Å². The minimum atomic E-state index is 0.921. The normalized spacial score (nSPS) is 10.4. The number of aromatic nitrogens is 2. The van der Waals surface area contributed by atoms with Crippen LogP contribution in [0.3, 0.4) is 0 Å². The largest absolute Gasteiger partial charge is 0.388 e. The summed E-state index contributed by atoms with van der Waals surface area (Å²) in [7, 11) is 1.94. The molecule has 0 aliphatic heterocycles. The average molecular weight is 233 g/mol. The predicted octanol–water partition coefficient (Wildman–Crippen LogP) is 3.05. The molecule has 84 valence electrons. The van der Waals surface area contributed by atoms with Crippen molar-refractivity contribution in [3.05, 3.63) is 41.7 Å². The zero-order valence-corrected chi connectivity index (χ0v) is 10.3. The Morgan fingerprint density at radius 1 is 1.38 bits per heavy atom. The number of nitrogens with zero attached hydrogens (tertiary/aromatic N) is 1. The number of benzene rings is 1. The molecule has 4 heteroatoms. The van der Waals surface area contributed by atoms with Gasteiger partial charge in [-0.3, -0.25) is 0 Å². The van der Waals surface area contributed by atoms with Crippen molar-refractivity contribution < 1.29 is 0 Å².